The van der Waals surface area contributed by atoms with Crippen molar-refractivity contribution in [2.45, 2.75) is 59.1 Å². The van der Waals surface area contributed by atoms with E-state index in [9.17, 15) is 9.59 Å². The van der Waals surface area contributed by atoms with Crippen molar-refractivity contribution >= 4 is 11.9 Å². The van der Waals surface area contributed by atoms with Gasteiger partial charge in [-0.3, -0.25) is 9.89 Å². The van der Waals surface area contributed by atoms with Crippen molar-refractivity contribution < 1.29 is 18.7 Å². The molecule has 2 aromatic heterocycles. The van der Waals surface area contributed by atoms with E-state index in [1.807, 2.05) is 38.1 Å². The first kappa shape index (κ1) is 22.3. The van der Waals surface area contributed by atoms with Crippen molar-refractivity contribution in [1.82, 2.24) is 20.5 Å². The molecule has 3 aromatic rings. The second-order valence-electron chi connectivity index (χ2n) is 8.27. The quantitative estimate of drug-likeness (QED) is 0.536. The zero-order valence-electron chi connectivity index (χ0n) is 18.5. The van der Waals surface area contributed by atoms with Gasteiger partial charge in [-0.1, -0.05) is 26.0 Å². The monoisotopic (exact) mass is 424 g/mol. The molecule has 164 valence electrons. The minimum atomic E-state index is -0.592. The number of carbonyl (C=O) groups excluding carboxylic acids is 2. The maximum Gasteiger partial charge on any atom is 0.356 e. The smallest absolute Gasteiger partial charge is 0.356 e. The summed E-state index contributed by atoms with van der Waals surface area (Å²) in [5, 5.41) is 9.87. The van der Waals surface area contributed by atoms with Crippen molar-refractivity contribution in [1.29, 1.82) is 0 Å². The van der Waals surface area contributed by atoms with Crippen LogP contribution in [0.15, 0.2) is 40.9 Å². The average molecular weight is 425 g/mol. The van der Waals surface area contributed by atoms with Crippen LogP contribution in [-0.4, -0.2) is 38.7 Å². The van der Waals surface area contributed by atoms with Crippen LogP contribution in [0, 0.1) is 0 Å². The molecule has 31 heavy (non-hydrogen) atoms. The lowest BCUT2D eigenvalue weighted by atomic mass is 10.1. The summed E-state index contributed by atoms with van der Waals surface area (Å²) >= 11 is 0. The highest BCUT2D eigenvalue weighted by Crippen LogP contribution is 2.26. The Balaban J connectivity index is 1.78. The number of carbonyl (C=O) groups is 2. The van der Waals surface area contributed by atoms with Crippen LogP contribution in [0.5, 0.6) is 0 Å². The summed E-state index contributed by atoms with van der Waals surface area (Å²) in [5.41, 5.74) is 1.73. The predicted molar refractivity (Wildman–Crippen MR) is 117 cm³/mol. The second-order valence-corrected chi connectivity index (χ2v) is 8.27. The molecule has 0 saturated heterocycles. The minimum Gasteiger partial charge on any atom is -0.455 e. The lowest BCUT2D eigenvalue weighted by molar-refractivity contribution is 0.00627. The first-order valence-corrected chi connectivity index (χ1v) is 10.4. The second kappa shape index (κ2) is 9.16. The molecule has 1 amide bonds. The van der Waals surface area contributed by atoms with Crippen molar-refractivity contribution in [3.63, 3.8) is 0 Å². The molecular weight excluding hydrogens is 396 g/mol. The fraction of sp³-hybridized carbons (Fsp3) is 0.391. The topological polar surface area (TPSA) is 110 Å². The first-order chi connectivity index (χ1) is 14.7. The van der Waals surface area contributed by atoms with Gasteiger partial charge in [-0.25, -0.2) is 9.78 Å². The van der Waals surface area contributed by atoms with E-state index in [2.05, 4.69) is 20.5 Å². The molecule has 8 heteroatoms. The Morgan fingerprint density at radius 2 is 1.87 bits per heavy atom. The third-order valence-corrected chi connectivity index (χ3v) is 4.65. The van der Waals surface area contributed by atoms with E-state index in [1.54, 1.807) is 26.8 Å². The van der Waals surface area contributed by atoms with Crippen molar-refractivity contribution in [2.24, 2.45) is 0 Å². The number of rotatable bonds is 7. The van der Waals surface area contributed by atoms with Gasteiger partial charge in [-0.2, -0.15) is 5.10 Å². The molecule has 0 spiro atoms. The zero-order chi connectivity index (χ0) is 22.6. The van der Waals surface area contributed by atoms with E-state index in [0.29, 0.717) is 17.1 Å². The summed E-state index contributed by atoms with van der Waals surface area (Å²) in [7, 11) is 0. The van der Waals surface area contributed by atoms with Gasteiger partial charge in [0.25, 0.3) is 5.91 Å². The summed E-state index contributed by atoms with van der Waals surface area (Å²) in [6, 6.07) is 9.10. The molecule has 0 aliphatic heterocycles. The van der Waals surface area contributed by atoms with Gasteiger partial charge in [0.2, 0.25) is 11.7 Å². The number of amides is 1. The summed E-state index contributed by atoms with van der Waals surface area (Å²) in [5.74, 6) is -0.250. The number of ether oxygens (including phenoxy) is 1. The van der Waals surface area contributed by atoms with Gasteiger partial charge in [-0.05, 0) is 51.8 Å². The normalized spacial score (nSPS) is 11.5. The molecule has 0 aliphatic carbocycles. The summed E-state index contributed by atoms with van der Waals surface area (Å²) < 4.78 is 11.0. The highest BCUT2D eigenvalue weighted by Gasteiger charge is 2.20. The van der Waals surface area contributed by atoms with E-state index in [-0.39, 0.29) is 23.4 Å². The Bertz CT molecular complexity index is 1060. The number of benzene rings is 1. The van der Waals surface area contributed by atoms with Gasteiger partial charge in [0.05, 0.1) is 11.9 Å². The molecule has 0 fully saturated rings. The van der Waals surface area contributed by atoms with Crippen LogP contribution in [-0.2, 0) is 4.74 Å². The van der Waals surface area contributed by atoms with Crippen LogP contribution in [0.3, 0.4) is 0 Å². The highest BCUT2D eigenvalue weighted by molar-refractivity contribution is 5.92. The SMILES string of the molecule is CCC(CC)NC(=O)c1cnc(-c2cccc(-c3cc(C(=O)OC(C)(C)C)[nH]n3)c2)o1. The van der Waals surface area contributed by atoms with E-state index in [1.165, 1.54) is 6.20 Å². The maximum absolute atomic E-state index is 12.4. The molecule has 0 saturated carbocycles. The fourth-order valence-corrected chi connectivity index (χ4v) is 2.98. The third kappa shape index (κ3) is 5.59. The molecule has 3 rings (SSSR count). The maximum atomic E-state index is 12.4. The number of hydrogen-bond donors (Lipinski definition) is 2. The van der Waals surface area contributed by atoms with Gasteiger partial charge in [-0.15, -0.1) is 0 Å². The van der Waals surface area contributed by atoms with Gasteiger partial charge >= 0.3 is 5.97 Å². The number of hydrogen-bond acceptors (Lipinski definition) is 6. The van der Waals surface area contributed by atoms with E-state index in [4.69, 9.17) is 9.15 Å². The molecule has 1 aromatic carbocycles. The summed E-state index contributed by atoms with van der Waals surface area (Å²) in [4.78, 5) is 28.8. The standard InChI is InChI=1S/C23H28N4O4/c1-6-16(7-2)25-20(28)19-13-24-21(30-19)15-10-8-9-14(11-15)17-12-18(27-26-17)22(29)31-23(3,4)5/h8-13,16H,6-7H2,1-5H3,(H,25,28)(H,26,27). The van der Waals surface area contributed by atoms with Crippen LogP contribution in [0.4, 0.5) is 0 Å². The van der Waals surface area contributed by atoms with Crippen molar-refractivity contribution in [2.75, 3.05) is 0 Å². The van der Waals surface area contributed by atoms with E-state index < -0.39 is 11.6 Å². The van der Waals surface area contributed by atoms with Crippen LogP contribution >= 0.6 is 0 Å². The zero-order valence-corrected chi connectivity index (χ0v) is 18.5. The fourth-order valence-electron chi connectivity index (χ4n) is 2.98. The Labute approximate surface area is 181 Å². The number of nitrogens with one attached hydrogen (secondary N) is 2. The van der Waals surface area contributed by atoms with Crippen LogP contribution in [0.1, 0.15) is 68.5 Å². The van der Waals surface area contributed by atoms with Crippen LogP contribution in [0.2, 0.25) is 0 Å². The Kier molecular flexibility index (Phi) is 6.58. The summed E-state index contributed by atoms with van der Waals surface area (Å²) in [6.45, 7) is 9.47. The van der Waals surface area contributed by atoms with E-state index >= 15 is 0 Å². The summed E-state index contributed by atoms with van der Waals surface area (Å²) in [6.07, 6.45) is 3.12. The Morgan fingerprint density at radius 3 is 2.55 bits per heavy atom. The molecule has 0 atom stereocenters. The largest absolute Gasteiger partial charge is 0.455 e. The molecule has 0 unspecified atom stereocenters. The molecule has 2 N–H and O–H groups in total. The minimum absolute atomic E-state index is 0.100. The lowest BCUT2D eigenvalue weighted by Crippen LogP contribution is -2.33. The number of aromatic amines is 1. The van der Waals surface area contributed by atoms with Gasteiger partial charge in [0.1, 0.15) is 11.3 Å². The van der Waals surface area contributed by atoms with Crippen LogP contribution < -0.4 is 5.32 Å². The van der Waals surface area contributed by atoms with Crippen molar-refractivity contribution in [3.05, 3.63) is 48.0 Å². The number of nitrogens with zero attached hydrogens (tertiary/aromatic N) is 2. The van der Waals surface area contributed by atoms with Gasteiger partial charge in [0.15, 0.2) is 0 Å². The number of aromatic nitrogens is 3. The van der Waals surface area contributed by atoms with Crippen LogP contribution in [0.25, 0.3) is 22.7 Å². The predicted octanol–water partition coefficient (Wildman–Crippen LogP) is 4.61. The number of oxazole rings is 1. The molecule has 8 nitrogen and oxygen atoms in total. The molecule has 0 radical (unpaired) electrons. The highest BCUT2D eigenvalue weighted by atomic mass is 16.6. The first-order valence-electron chi connectivity index (χ1n) is 10.4. The molecule has 0 bridgehead atoms. The molecule has 0 aliphatic rings. The van der Waals surface area contributed by atoms with Crippen molar-refractivity contribution in [3.8, 4) is 22.7 Å². The molecule has 2 heterocycles. The van der Waals surface area contributed by atoms with Gasteiger partial charge < -0.3 is 14.5 Å². The molecular formula is C23H28N4O4. The Morgan fingerprint density at radius 1 is 1.16 bits per heavy atom. The van der Waals surface area contributed by atoms with Gasteiger partial charge in [0, 0.05) is 17.2 Å². The number of esters is 1. The van der Waals surface area contributed by atoms with E-state index in [0.717, 1.165) is 18.4 Å². The Hall–Kier alpha value is -3.42. The number of H-pyrrole nitrogens is 1. The average Bonchev–Trinajstić information content (AvgIpc) is 3.41. The lowest BCUT2D eigenvalue weighted by Gasteiger charge is -2.18. The third-order valence-electron chi connectivity index (χ3n) is 4.65.